The molecule has 0 atom stereocenters. The Balaban J connectivity index is 1.68. The van der Waals surface area contributed by atoms with Gasteiger partial charge in [0.1, 0.15) is 11.6 Å². The van der Waals surface area contributed by atoms with Crippen LogP contribution in [0.2, 0.25) is 0 Å². The molecule has 0 unspecified atom stereocenters. The third kappa shape index (κ3) is 4.34. The Morgan fingerprint density at radius 3 is 2.38 bits per heavy atom. The number of carboxylic acid groups (broad SMARTS) is 1. The lowest BCUT2D eigenvalue weighted by atomic mass is 9.99. The number of amides is 1. The van der Waals surface area contributed by atoms with Crippen LogP contribution in [0, 0.1) is 11.6 Å². The van der Waals surface area contributed by atoms with E-state index < -0.39 is 11.8 Å². The number of rotatable bonds is 5. The first-order chi connectivity index (χ1) is 15.3. The van der Waals surface area contributed by atoms with Gasteiger partial charge in [-0.25, -0.2) is 8.78 Å². The van der Waals surface area contributed by atoms with Crippen LogP contribution in [0.15, 0.2) is 72.3 Å². The van der Waals surface area contributed by atoms with Crippen LogP contribution < -0.4 is 5.32 Å². The van der Waals surface area contributed by atoms with Gasteiger partial charge in [0.25, 0.3) is 5.91 Å². The molecule has 0 saturated heterocycles. The molecule has 3 aromatic rings. The van der Waals surface area contributed by atoms with Gasteiger partial charge in [0.05, 0.1) is 6.42 Å². The van der Waals surface area contributed by atoms with Gasteiger partial charge in [-0.15, -0.1) is 0 Å². The van der Waals surface area contributed by atoms with E-state index in [1.807, 2.05) is 19.1 Å². The molecule has 0 heterocycles. The number of aliphatic carboxylic acids is 1. The molecular weight excluding hydrogens is 412 g/mol. The summed E-state index contributed by atoms with van der Waals surface area (Å²) in [6.45, 7) is 1.81. The maximum atomic E-state index is 13.8. The van der Waals surface area contributed by atoms with Crippen molar-refractivity contribution < 1.29 is 23.5 Å². The van der Waals surface area contributed by atoms with E-state index in [9.17, 15) is 23.5 Å². The first-order valence-electron chi connectivity index (χ1n) is 9.93. The van der Waals surface area contributed by atoms with Crippen molar-refractivity contribution in [2.45, 2.75) is 13.3 Å². The van der Waals surface area contributed by atoms with Gasteiger partial charge in [-0.3, -0.25) is 9.59 Å². The fourth-order valence-corrected chi connectivity index (χ4v) is 3.81. The zero-order valence-electron chi connectivity index (χ0n) is 17.2. The molecule has 1 aliphatic carbocycles. The lowest BCUT2D eigenvalue weighted by Gasteiger charge is -2.07. The van der Waals surface area contributed by atoms with Gasteiger partial charge in [-0.05, 0) is 94.9 Å². The number of halogens is 2. The zero-order chi connectivity index (χ0) is 22.8. The SMILES string of the molecule is CC1=C(CC(=O)O)c2cc(F)ccc2/C1=C\c1cccc(C(=O)Nc2ccc(F)cc2)c1. The van der Waals surface area contributed by atoms with Crippen LogP contribution in [0.1, 0.15) is 40.4 Å². The number of fused-ring (bicyclic) bond motifs is 1. The average molecular weight is 431 g/mol. The molecule has 0 saturated carbocycles. The van der Waals surface area contributed by atoms with E-state index in [2.05, 4.69) is 5.32 Å². The van der Waals surface area contributed by atoms with Crippen LogP contribution in [0.3, 0.4) is 0 Å². The highest BCUT2D eigenvalue weighted by Gasteiger charge is 2.25. The molecule has 4 nitrogen and oxygen atoms in total. The third-order valence-electron chi connectivity index (χ3n) is 5.34. The summed E-state index contributed by atoms with van der Waals surface area (Å²) in [5, 5.41) is 12.0. The van der Waals surface area contributed by atoms with Gasteiger partial charge in [-0.1, -0.05) is 18.2 Å². The van der Waals surface area contributed by atoms with Gasteiger partial charge in [-0.2, -0.15) is 0 Å². The number of benzene rings is 3. The van der Waals surface area contributed by atoms with Crippen LogP contribution in [0.25, 0.3) is 17.2 Å². The van der Waals surface area contributed by atoms with E-state index in [1.54, 1.807) is 24.3 Å². The number of allylic oxidation sites excluding steroid dienone is 2. The Morgan fingerprint density at radius 1 is 0.938 bits per heavy atom. The molecule has 32 heavy (non-hydrogen) atoms. The van der Waals surface area contributed by atoms with E-state index in [1.165, 1.54) is 36.4 Å². The number of carbonyl (C=O) groups excluding carboxylic acids is 1. The maximum Gasteiger partial charge on any atom is 0.307 e. The van der Waals surface area contributed by atoms with Crippen molar-refractivity contribution in [2.75, 3.05) is 5.32 Å². The molecule has 0 aromatic heterocycles. The van der Waals surface area contributed by atoms with Crippen molar-refractivity contribution in [3.63, 3.8) is 0 Å². The zero-order valence-corrected chi connectivity index (χ0v) is 17.2. The maximum absolute atomic E-state index is 13.8. The fraction of sp³-hybridized carbons (Fsp3) is 0.0769. The number of hydrogen-bond donors (Lipinski definition) is 2. The van der Waals surface area contributed by atoms with Crippen molar-refractivity contribution in [1.82, 2.24) is 0 Å². The second-order valence-corrected chi connectivity index (χ2v) is 7.51. The molecule has 160 valence electrons. The highest BCUT2D eigenvalue weighted by atomic mass is 19.1. The quantitative estimate of drug-likeness (QED) is 0.519. The molecule has 0 fully saturated rings. The summed E-state index contributed by atoms with van der Waals surface area (Å²) < 4.78 is 26.9. The Hall–Kier alpha value is -4.06. The predicted octanol–water partition coefficient (Wildman–Crippen LogP) is 6.02. The normalized spacial score (nSPS) is 13.9. The molecule has 0 radical (unpaired) electrons. The van der Waals surface area contributed by atoms with Gasteiger partial charge in [0, 0.05) is 11.3 Å². The Kier molecular flexibility index (Phi) is 5.69. The lowest BCUT2D eigenvalue weighted by Crippen LogP contribution is -2.11. The van der Waals surface area contributed by atoms with Gasteiger partial charge >= 0.3 is 5.97 Å². The Labute approximate surface area is 183 Å². The van der Waals surface area contributed by atoms with E-state index in [0.717, 1.165) is 22.3 Å². The van der Waals surface area contributed by atoms with E-state index >= 15 is 0 Å². The van der Waals surface area contributed by atoms with Crippen molar-refractivity contribution in [1.29, 1.82) is 0 Å². The minimum atomic E-state index is -0.990. The summed E-state index contributed by atoms with van der Waals surface area (Å²) in [4.78, 5) is 24.0. The number of anilines is 1. The molecule has 2 N–H and O–H groups in total. The molecule has 4 rings (SSSR count). The van der Waals surface area contributed by atoms with Crippen LogP contribution in [-0.4, -0.2) is 17.0 Å². The molecule has 3 aromatic carbocycles. The van der Waals surface area contributed by atoms with Crippen LogP contribution in [0.4, 0.5) is 14.5 Å². The second kappa shape index (κ2) is 8.59. The van der Waals surface area contributed by atoms with E-state index in [0.29, 0.717) is 22.4 Å². The molecule has 0 spiro atoms. The molecule has 6 heteroatoms. The summed E-state index contributed by atoms with van der Waals surface area (Å²) in [7, 11) is 0. The molecule has 0 aliphatic heterocycles. The Morgan fingerprint density at radius 2 is 1.66 bits per heavy atom. The topological polar surface area (TPSA) is 66.4 Å². The van der Waals surface area contributed by atoms with Crippen molar-refractivity contribution in [3.05, 3.63) is 106 Å². The summed E-state index contributed by atoms with van der Waals surface area (Å²) in [6.07, 6.45) is 1.65. The Bertz CT molecular complexity index is 1290. The first kappa shape index (κ1) is 21.2. The molecule has 1 aliphatic rings. The summed E-state index contributed by atoms with van der Waals surface area (Å²) in [6, 6.07) is 16.8. The number of hydrogen-bond acceptors (Lipinski definition) is 2. The summed E-state index contributed by atoms with van der Waals surface area (Å²) in [5.74, 6) is -2.15. The van der Waals surface area contributed by atoms with Gasteiger partial charge in [0.15, 0.2) is 0 Å². The first-order valence-corrected chi connectivity index (χ1v) is 9.93. The highest BCUT2D eigenvalue weighted by Crippen LogP contribution is 2.43. The smallest absolute Gasteiger partial charge is 0.307 e. The van der Waals surface area contributed by atoms with Gasteiger partial charge in [0.2, 0.25) is 0 Å². The van der Waals surface area contributed by atoms with Crippen LogP contribution >= 0.6 is 0 Å². The van der Waals surface area contributed by atoms with Crippen molar-refractivity contribution >= 4 is 34.8 Å². The van der Waals surface area contributed by atoms with Gasteiger partial charge < -0.3 is 10.4 Å². The number of carboxylic acids is 1. The molecular formula is C26H19F2NO3. The number of carbonyl (C=O) groups is 2. The third-order valence-corrected chi connectivity index (χ3v) is 5.34. The van der Waals surface area contributed by atoms with Crippen molar-refractivity contribution in [3.8, 4) is 0 Å². The lowest BCUT2D eigenvalue weighted by molar-refractivity contribution is -0.135. The van der Waals surface area contributed by atoms with Crippen LogP contribution in [-0.2, 0) is 4.79 Å². The minimum absolute atomic E-state index is 0.209. The largest absolute Gasteiger partial charge is 0.481 e. The monoisotopic (exact) mass is 431 g/mol. The summed E-state index contributed by atoms with van der Waals surface area (Å²) >= 11 is 0. The highest BCUT2D eigenvalue weighted by molar-refractivity contribution is 6.08. The molecule has 0 bridgehead atoms. The van der Waals surface area contributed by atoms with E-state index in [4.69, 9.17) is 0 Å². The van der Waals surface area contributed by atoms with Crippen LogP contribution in [0.5, 0.6) is 0 Å². The second-order valence-electron chi connectivity index (χ2n) is 7.51. The predicted molar refractivity (Wildman–Crippen MR) is 120 cm³/mol. The minimum Gasteiger partial charge on any atom is -0.481 e. The standard InChI is InChI=1S/C26H19F2NO3/c1-15-22(21-10-7-19(28)13-24(21)23(15)14-25(30)31)12-16-3-2-4-17(11-16)26(32)29-20-8-5-18(27)6-9-20/h2-13H,14H2,1H3,(H,29,32)(H,30,31)/b22-12-. The number of nitrogens with one attached hydrogen (secondary N) is 1. The van der Waals surface area contributed by atoms with E-state index in [-0.39, 0.29) is 18.1 Å². The molecule has 1 amide bonds. The summed E-state index contributed by atoms with van der Waals surface area (Å²) in [5.41, 5.74) is 5.06. The fourth-order valence-electron chi connectivity index (χ4n) is 3.81. The average Bonchev–Trinajstić information content (AvgIpc) is 3.00. The van der Waals surface area contributed by atoms with Crippen molar-refractivity contribution in [2.24, 2.45) is 0 Å².